The molecule has 0 aliphatic heterocycles. The number of amides is 2. The average Bonchev–Trinajstić information content (AvgIpc) is 2.84. The van der Waals surface area contributed by atoms with E-state index in [1.54, 1.807) is 54.6 Å². The van der Waals surface area contributed by atoms with E-state index in [4.69, 9.17) is 25.0 Å². The summed E-state index contributed by atoms with van der Waals surface area (Å²) in [7, 11) is 0. The molecule has 0 aromatic heterocycles. The predicted octanol–water partition coefficient (Wildman–Crippen LogP) is 3.70. The van der Waals surface area contributed by atoms with Crippen LogP contribution in [0.2, 0.25) is 0 Å². The summed E-state index contributed by atoms with van der Waals surface area (Å²) in [5.41, 5.74) is 3.12. The molecule has 2 aromatic carbocycles. The van der Waals surface area contributed by atoms with Gasteiger partial charge >= 0.3 is 6.09 Å². The number of aliphatic hydroxyl groups is 1. The van der Waals surface area contributed by atoms with Crippen LogP contribution in [0, 0.1) is 17.2 Å². The first kappa shape index (κ1) is 25.4. The van der Waals surface area contributed by atoms with Gasteiger partial charge in [-0.2, -0.15) is 5.26 Å². The van der Waals surface area contributed by atoms with Gasteiger partial charge < -0.3 is 14.6 Å². The van der Waals surface area contributed by atoms with E-state index in [9.17, 15) is 9.59 Å². The molecule has 33 heavy (non-hydrogen) atoms. The van der Waals surface area contributed by atoms with Crippen LogP contribution in [0.15, 0.2) is 60.7 Å². The van der Waals surface area contributed by atoms with Crippen LogP contribution in [0.1, 0.15) is 37.0 Å². The first-order valence-corrected chi connectivity index (χ1v) is 10.4. The lowest BCUT2D eigenvalue weighted by molar-refractivity contribution is -0.124. The number of carbonyl (C=O) groups excluding carboxylic acids is 2. The molecule has 0 radical (unpaired) electrons. The molecule has 0 aliphatic rings. The average molecular weight is 453 g/mol. The number of anilines is 1. The van der Waals surface area contributed by atoms with Gasteiger partial charge in [-0.1, -0.05) is 31.2 Å². The molecular formula is C24H27N3O6. The summed E-state index contributed by atoms with van der Waals surface area (Å²) in [5, 5.41) is 29.3. The Morgan fingerprint density at radius 1 is 1.18 bits per heavy atom. The molecule has 2 rings (SSSR count). The van der Waals surface area contributed by atoms with Crippen molar-refractivity contribution in [3.05, 3.63) is 71.8 Å². The number of nitrogens with zero attached hydrogens (tertiary/aromatic N) is 1. The van der Waals surface area contributed by atoms with E-state index in [2.05, 4.69) is 5.32 Å². The Kier molecular flexibility index (Phi) is 10.4. The van der Waals surface area contributed by atoms with Crippen molar-refractivity contribution in [1.29, 1.82) is 5.26 Å². The monoisotopic (exact) mass is 453 g/mol. The zero-order valence-electron chi connectivity index (χ0n) is 18.2. The van der Waals surface area contributed by atoms with Gasteiger partial charge in [0.2, 0.25) is 0 Å². The Bertz CT molecular complexity index is 984. The molecule has 9 heteroatoms. The lowest BCUT2D eigenvalue weighted by atomic mass is 9.92. The van der Waals surface area contributed by atoms with Crippen molar-refractivity contribution in [1.82, 2.24) is 5.48 Å². The van der Waals surface area contributed by atoms with Crippen LogP contribution in [0.4, 0.5) is 10.5 Å². The van der Waals surface area contributed by atoms with E-state index >= 15 is 0 Å². The highest BCUT2D eigenvalue weighted by molar-refractivity contribution is 5.86. The van der Waals surface area contributed by atoms with Crippen molar-refractivity contribution in [3.63, 3.8) is 0 Å². The smallest absolute Gasteiger partial charge is 0.412 e. The van der Waals surface area contributed by atoms with Crippen molar-refractivity contribution in [3.8, 4) is 11.8 Å². The van der Waals surface area contributed by atoms with Gasteiger partial charge in [0.1, 0.15) is 18.5 Å². The van der Waals surface area contributed by atoms with E-state index in [0.717, 1.165) is 0 Å². The Hall–Kier alpha value is -3.87. The van der Waals surface area contributed by atoms with Crippen molar-refractivity contribution < 1.29 is 29.4 Å². The fraction of sp³-hybridized carbons (Fsp3) is 0.292. The first-order chi connectivity index (χ1) is 16.0. The van der Waals surface area contributed by atoms with Gasteiger partial charge in [-0.25, -0.2) is 10.3 Å². The third-order valence-corrected chi connectivity index (χ3v) is 4.75. The van der Waals surface area contributed by atoms with E-state index < -0.39 is 18.1 Å². The minimum Gasteiger partial charge on any atom is -0.491 e. The first-order valence-electron chi connectivity index (χ1n) is 10.4. The van der Waals surface area contributed by atoms with Crippen LogP contribution >= 0.6 is 0 Å². The minimum atomic E-state index is -0.682. The van der Waals surface area contributed by atoms with Gasteiger partial charge in [0.05, 0.1) is 18.2 Å². The topological polar surface area (TPSA) is 141 Å². The van der Waals surface area contributed by atoms with E-state index in [0.29, 0.717) is 35.4 Å². The molecule has 0 aliphatic carbocycles. The SMILES string of the molecule is C[C@@H](CC/C=C/C(=O)NO)[C@@H](OC(=O)Nc1ccc(C#N)cc1)c1ccccc1OCCO. The van der Waals surface area contributed by atoms with E-state index in [-0.39, 0.29) is 19.1 Å². The molecule has 0 saturated heterocycles. The van der Waals surface area contributed by atoms with Crippen molar-refractivity contribution >= 4 is 17.7 Å². The summed E-state index contributed by atoms with van der Waals surface area (Å²) in [4.78, 5) is 23.8. The van der Waals surface area contributed by atoms with Crippen LogP contribution in [0.25, 0.3) is 0 Å². The molecule has 2 aromatic rings. The van der Waals surface area contributed by atoms with E-state index in [1.165, 1.54) is 11.6 Å². The van der Waals surface area contributed by atoms with Gasteiger partial charge in [-0.15, -0.1) is 0 Å². The van der Waals surface area contributed by atoms with Gasteiger partial charge in [-0.05, 0) is 49.1 Å². The highest BCUT2D eigenvalue weighted by Crippen LogP contribution is 2.35. The Morgan fingerprint density at radius 3 is 2.58 bits per heavy atom. The Labute approximate surface area is 192 Å². The fourth-order valence-corrected chi connectivity index (χ4v) is 3.12. The summed E-state index contributed by atoms with van der Waals surface area (Å²) in [5.74, 6) is -0.304. The van der Waals surface area contributed by atoms with Gasteiger partial charge in [0.15, 0.2) is 0 Å². The predicted molar refractivity (Wildman–Crippen MR) is 120 cm³/mol. The van der Waals surface area contributed by atoms with Gasteiger partial charge in [-0.3, -0.25) is 15.3 Å². The number of benzene rings is 2. The number of nitriles is 1. The van der Waals surface area contributed by atoms with Crippen molar-refractivity contribution in [2.75, 3.05) is 18.5 Å². The van der Waals surface area contributed by atoms with Crippen LogP contribution in [-0.2, 0) is 9.53 Å². The summed E-state index contributed by atoms with van der Waals surface area (Å²) in [6.07, 6.45) is 2.55. The van der Waals surface area contributed by atoms with Crippen LogP contribution < -0.4 is 15.5 Å². The lowest BCUT2D eigenvalue weighted by Gasteiger charge is -2.26. The van der Waals surface area contributed by atoms with Crippen LogP contribution in [0.3, 0.4) is 0 Å². The van der Waals surface area contributed by atoms with Crippen molar-refractivity contribution in [2.24, 2.45) is 5.92 Å². The number of aliphatic hydroxyl groups excluding tert-OH is 1. The van der Waals surface area contributed by atoms with Gasteiger partial charge in [0, 0.05) is 17.3 Å². The molecule has 174 valence electrons. The number of carbonyl (C=O) groups is 2. The zero-order valence-corrected chi connectivity index (χ0v) is 18.2. The molecule has 4 N–H and O–H groups in total. The third-order valence-electron chi connectivity index (χ3n) is 4.75. The number of nitrogens with one attached hydrogen (secondary N) is 2. The molecule has 2 atom stereocenters. The maximum absolute atomic E-state index is 12.7. The summed E-state index contributed by atoms with van der Waals surface area (Å²) >= 11 is 0. The standard InChI is InChI=1S/C24H27N3O6/c1-17(6-2-5-9-22(29)27-31)23(20-7-3-4-8-21(20)32-15-14-28)33-24(30)26-19-12-10-18(16-25)11-13-19/h3-5,7-13,17,23,28,31H,2,6,14-15H2,1H3,(H,26,30)(H,27,29)/b9-5+/t17-,23+/m0/s1. The number of allylic oxidation sites excluding steroid dienone is 1. The molecule has 9 nitrogen and oxygen atoms in total. The number of ether oxygens (including phenoxy) is 2. The maximum atomic E-state index is 12.7. The molecule has 0 heterocycles. The highest BCUT2D eigenvalue weighted by Gasteiger charge is 2.26. The van der Waals surface area contributed by atoms with Crippen LogP contribution in [0.5, 0.6) is 5.75 Å². The van der Waals surface area contributed by atoms with Crippen molar-refractivity contribution in [2.45, 2.75) is 25.9 Å². The molecule has 0 unspecified atom stereocenters. The molecular weight excluding hydrogens is 426 g/mol. The number of hydrogen-bond donors (Lipinski definition) is 4. The second kappa shape index (κ2) is 13.5. The number of hydrogen-bond acceptors (Lipinski definition) is 7. The quantitative estimate of drug-likeness (QED) is 0.231. The largest absolute Gasteiger partial charge is 0.491 e. The second-order valence-electron chi connectivity index (χ2n) is 7.18. The summed E-state index contributed by atoms with van der Waals surface area (Å²) in [6.45, 7) is 1.84. The molecule has 0 bridgehead atoms. The molecule has 2 amide bonds. The Morgan fingerprint density at radius 2 is 1.91 bits per heavy atom. The van der Waals surface area contributed by atoms with E-state index in [1.807, 2.05) is 13.0 Å². The number of rotatable bonds is 11. The Balaban J connectivity index is 2.19. The summed E-state index contributed by atoms with van der Waals surface area (Å²) < 4.78 is 11.4. The fourth-order valence-electron chi connectivity index (χ4n) is 3.12. The number of para-hydroxylation sites is 1. The highest BCUT2D eigenvalue weighted by atomic mass is 16.6. The molecule has 0 fully saturated rings. The summed E-state index contributed by atoms with van der Waals surface area (Å²) in [6, 6.07) is 15.5. The molecule has 0 saturated carbocycles. The van der Waals surface area contributed by atoms with Crippen LogP contribution in [-0.4, -0.2) is 35.5 Å². The lowest BCUT2D eigenvalue weighted by Crippen LogP contribution is -2.22. The minimum absolute atomic E-state index is 0.0918. The zero-order chi connectivity index (χ0) is 24.1. The maximum Gasteiger partial charge on any atom is 0.412 e. The normalized spacial score (nSPS) is 12.4. The molecule has 0 spiro atoms. The second-order valence-corrected chi connectivity index (χ2v) is 7.18. The number of hydroxylamine groups is 1. The third kappa shape index (κ3) is 8.29. The van der Waals surface area contributed by atoms with Gasteiger partial charge in [0.25, 0.3) is 5.91 Å².